The predicted molar refractivity (Wildman–Crippen MR) is 105 cm³/mol. The van der Waals surface area contributed by atoms with Crippen LogP contribution < -0.4 is 20.6 Å². The first kappa shape index (κ1) is 15.5. The summed E-state index contributed by atoms with van der Waals surface area (Å²) in [6.07, 6.45) is 10.8. The van der Waals surface area contributed by atoms with E-state index in [-0.39, 0.29) is 12.0 Å². The number of dihydropyridines is 1. The Morgan fingerprint density at radius 2 is 2.00 bits per heavy atom. The van der Waals surface area contributed by atoms with Gasteiger partial charge < -0.3 is 20.1 Å². The Hall–Kier alpha value is -3.80. The number of aromatic hydroxyl groups is 1. The van der Waals surface area contributed by atoms with Gasteiger partial charge >= 0.3 is 0 Å². The van der Waals surface area contributed by atoms with Gasteiger partial charge in [-0.05, 0) is 47.7 Å². The Bertz CT molecular complexity index is 1240. The summed E-state index contributed by atoms with van der Waals surface area (Å²) in [6.45, 7) is 0. The van der Waals surface area contributed by atoms with Crippen LogP contribution in [0.1, 0.15) is 5.56 Å². The number of benzene rings is 2. The molecule has 0 bridgehead atoms. The Morgan fingerprint density at radius 1 is 1.11 bits per heavy atom. The largest absolute Gasteiger partial charge is 0.494 e. The summed E-state index contributed by atoms with van der Waals surface area (Å²) in [6, 6.07) is 11.5. The summed E-state index contributed by atoms with van der Waals surface area (Å²) in [5, 5.41) is 16.1. The number of nitrogens with zero attached hydrogens (tertiary/aromatic N) is 2. The molecule has 2 aliphatic rings. The average Bonchev–Trinajstić information content (AvgIpc) is 3.27. The van der Waals surface area contributed by atoms with E-state index < -0.39 is 0 Å². The molecular weight excluding hydrogens is 340 g/mol. The normalized spacial score (nSPS) is 15.8. The van der Waals surface area contributed by atoms with E-state index in [1.165, 1.54) is 0 Å². The van der Waals surface area contributed by atoms with Crippen LogP contribution in [-0.4, -0.2) is 22.5 Å². The lowest BCUT2D eigenvalue weighted by Crippen LogP contribution is -2.15. The summed E-state index contributed by atoms with van der Waals surface area (Å²) in [5.41, 5.74) is 2.32. The minimum absolute atomic E-state index is 0.103. The monoisotopic (exact) mass is 356 g/mol. The standard InChI is InChI=1S/C21H16N4O2/c26-21-15(10-13-4-5-16-18(11-13)24-12-23-16)20-17(25-21)2-1-3-19(20)27-14-6-8-22-9-7-14/h1-12,14,22,25-26H/b13-10-. The smallest absolute Gasteiger partial charge is 0.197 e. The average molecular weight is 356 g/mol. The van der Waals surface area contributed by atoms with Gasteiger partial charge in [0.05, 0.1) is 21.9 Å². The van der Waals surface area contributed by atoms with Crippen molar-refractivity contribution in [2.24, 2.45) is 9.98 Å². The number of H-pyrrole nitrogens is 1. The first-order valence-corrected chi connectivity index (χ1v) is 8.60. The van der Waals surface area contributed by atoms with Gasteiger partial charge in [-0.2, -0.15) is 0 Å². The van der Waals surface area contributed by atoms with Crippen LogP contribution in [0.4, 0.5) is 5.69 Å². The molecule has 0 saturated carbocycles. The van der Waals surface area contributed by atoms with Crippen LogP contribution in [0.2, 0.25) is 0 Å². The lowest BCUT2D eigenvalue weighted by molar-refractivity contribution is 0.297. The molecule has 27 heavy (non-hydrogen) atoms. The van der Waals surface area contributed by atoms with Gasteiger partial charge in [0, 0.05) is 18.0 Å². The number of fused-ring (bicyclic) bond motifs is 2. The van der Waals surface area contributed by atoms with Crippen molar-refractivity contribution >= 4 is 29.0 Å². The van der Waals surface area contributed by atoms with E-state index in [2.05, 4.69) is 20.3 Å². The van der Waals surface area contributed by atoms with Crippen LogP contribution in [0.3, 0.4) is 0 Å². The molecule has 0 spiro atoms. The second-order valence-corrected chi connectivity index (χ2v) is 6.30. The van der Waals surface area contributed by atoms with Crippen molar-refractivity contribution in [3.8, 4) is 11.6 Å². The minimum Gasteiger partial charge on any atom is -0.494 e. The number of aliphatic imine (C=N–C) groups is 1. The molecule has 3 heterocycles. The highest BCUT2D eigenvalue weighted by Crippen LogP contribution is 2.35. The molecule has 3 N–H and O–H groups in total. The number of hydrogen-bond acceptors (Lipinski definition) is 5. The Kier molecular flexibility index (Phi) is 3.53. The second kappa shape index (κ2) is 6.17. The lowest BCUT2D eigenvalue weighted by Gasteiger charge is -2.15. The van der Waals surface area contributed by atoms with Gasteiger partial charge in [0.15, 0.2) is 5.88 Å². The van der Waals surface area contributed by atoms with Gasteiger partial charge in [-0.15, -0.1) is 0 Å². The SMILES string of the molecule is Oc1[nH]c2cccc(OC3C=CNC=C3)c2c1/C=c1/ccc2c(c1)N=CN=2. The van der Waals surface area contributed by atoms with Gasteiger partial charge in [-0.25, -0.2) is 9.98 Å². The fourth-order valence-electron chi connectivity index (χ4n) is 3.27. The Morgan fingerprint density at radius 3 is 2.89 bits per heavy atom. The minimum atomic E-state index is -0.169. The molecule has 0 radical (unpaired) electrons. The molecule has 6 nitrogen and oxygen atoms in total. The van der Waals surface area contributed by atoms with Crippen LogP contribution in [0.5, 0.6) is 11.6 Å². The zero-order chi connectivity index (χ0) is 18.2. The molecule has 2 aromatic carbocycles. The number of aromatic nitrogens is 1. The number of aromatic amines is 1. The first-order chi connectivity index (χ1) is 13.3. The first-order valence-electron chi connectivity index (χ1n) is 8.60. The molecule has 0 amide bonds. The number of nitrogens with one attached hydrogen (secondary N) is 2. The molecule has 1 aromatic heterocycles. The zero-order valence-corrected chi connectivity index (χ0v) is 14.3. The van der Waals surface area contributed by atoms with Gasteiger partial charge in [-0.1, -0.05) is 12.1 Å². The van der Waals surface area contributed by atoms with E-state index in [0.717, 1.165) is 27.2 Å². The highest BCUT2D eigenvalue weighted by Gasteiger charge is 2.15. The molecule has 0 saturated heterocycles. The molecule has 0 unspecified atom stereocenters. The summed E-state index contributed by atoms with van der Waals surface area (Å²) in [7, 11) is 0. The maximum atomic E-state index is 10.5. The fourth-order valence-corrected chi connectivity index (χ4v) is 3.27. The van der Waals surface area contributed by atoms with Crippen molar-refractivity contribution in [1.29, 1.82) is 0 Å². The van der Waals surface area contributed by atoms with Crippen LogP contribution in [0, 0.1) is 0 Å². The molecule has 2 aliphatic heterocycles. The molecular formula is C21H16N4O2. The predicted octanol–water partition coefficient (Wildman–Crippen LogP) is 2.37. The number of ether oxygens (including phenoxy) is 1. The maximum Gasteiger partial charge on any atom is 0.197 e. The van der Waals surface area contributed by atoms with E-state index in [1.807, 2.05) is 67.0 Å². The van der Waals surface area contributed by atoms with E-state index in [0.29, 0.717) is 11.3 Å². The lowest BCUT2D eigenvalue weighted by atomic mass is 10.1. The molecule has 6 heteroatoms. The van der Waals surface area contributed by atoms with Crippen LogP contribution in [0.15, 0.2) is 70.9 Å². The van der Waals surface area contributed by atoms with Crippen molar-refractivity contribution < 1.29 is 9.84 Å². The fraction of sp³-hybridized carbons (Fsp3) is 0.0476. The van der Waals surface area contributed by atoms with E-state index in [1.54, 1.807) is 6.34 Å². The highest BCUT2D eigenvalue weighted by molar-refractivity contribution is 5.96. The molecule has 0 aliphatic carbocycles. The van der Waals surface area contributed by atoms with Crippen molar-refractivity contribution in [2.75, 3.05) is 0 Å². The molecule has 5 rings (SSSR count). The molecule has 0 fully saturated rings. The van der Waals surface area contributed by atoms with Crippen LogP contribution in [-0.2, 0) is 0 Å². The molecule has 132 valence electrons. The summed E-state index contributed by atoms with van der Waals surface area (Å²) >= 11 is 0. The topological polar surface area (TPSA) is 82.0 Å². The summed E-state index contributed by atoms with van der Waals surface area (Å²) in [4.78, 5) is 11.5. The van der Waals surface area contributed by atoms with Crippen LogP contribution in [0.25, 0.3) is 17.0 Å². The Labute approximate surface area is 154 Å². The maximum absolute atomic E-state index is 10.5. The van der Waals surface area contributed by atoms with Gasteiger partial charge in [0.2, 0.25) is 0 Å². The second-order valence-electron chi connectivity index (χ2n) is 6.30. The Balaban J connectivity index is 1.65. The van der Waals surface area contributed by atoms with Crippen LogP contribution >= 0.6 is 0 Å². The van der Waals surface area contributed by atoms with E-state index in [9.17, 15) is 5.11 Å². The van der Waals surface area contributed by atoms with Crippen molar-refractivity contribution in [1.82, 2.24) is 10.3 Å². The quantitative estimate of drug-likeness (QED) is 0.674. The number of rotatable bonds is 3. The third-order valence-corrected chi connectivity index (χ3v) is 4.54. The van der Waals surface area contributed by atoms with Gasteiger partial charge in [0.1, 0.15) is 18.2 Å². The van der Waals surface area contributed by atoms with Crippen molar-refractivity contribution in [2.45, 2.75) is 6.10 Å². The third-order valence-electron chi connectivity index (χ3n) is 4.54. The van der Waals surface area contributed by atoms with Gasteiger partial charge in [0.25, 0.3) is 0 Å². The van der Waals surface area contributed by atoms with Crippen molar-refractivity contribution in [3.63, 3.8) is 0 Å². The molecule has 3 aromatic rings. The highest BCUT2D eigenvalue weighted by atomic mass is 16.5. The van der Waals surface area contributed by atoms with E-state index >= 15 is 0 Å². The summed E-state index contributed by atoms with van der Waals surface area (Å²) in [5.74, 6) is 0.803. The van der Waals surface area contributed by atoms with Gasteiger partial charge in [-0.3, -0.25) is 0 Å². The van der Waals surface area contributed by atoms with Crippen molar-refractivity contribution in [3.05, 3.63) is 77.1 Å². The third kappa shape index (κ3) is 2.77. The summed E-state index contributed by atoms with van der Waals surface area (Å²) < 4.78 is 6.13. The van der Waals surface area contributed by atoms with E-state index in [4.69, 9.17) is 4.74 Å². The zero-order valence-electron chi connectivity index (χ0n) is 14.3. The number of hydrogen-bond donors (Lipinski definition) is 3. The molecule has 0 atom stereocenters.